The molecule has 0 aliphatic rings. The minimum absolute atomic E-state index is 0.0184. The van der Waals surface area contributed by atoms with E-state index in [-0.39, 0.29) is 12.2 Å². The fourth-order valence-corrected chi connectivity index (χ4v) is 1.92. The number of nitrogen functional groups attached to an aromatic ring is 1. The molecule has 2 aromatic carbocycles. The number of benzene rings is 2. The predicted molar refractivity (Wildman–Crippen MR) is 74.3 cm³/mol. The van der Waals surface area contributed by atoms with Gasteiger partial charge in [0.1, 0.15) is 5.82 Å². The number of nitrogens with one attached hydrogen (secondary N) is 1. The molecule has 0 saturated heterocycles. The monoisotopic (exact) mass is 298 g/mol. The summed E-state index contributed by atoms with van der Waals surface area (Å²) in [4.78, 5) is 0. The van der Waals surface area contributed by atoms with Crippen LogP contribution in [0.4, 0.5) is 28.9 Å². The Kier molecular flexibility index (Phi) is 4.06. The lowest BCUT2D eigenvalue weighted by Gasteiger charge is -2.13. The fraction of sp³-hybridized carbons (Fsp3) is 0.200. The quantitative estimate of drug-likeness (QED) is 0.653. The van der Waals surface area contributed by atoms with E-state index in [1.165, 1.54) is 0 Å². The third-order valence-corrected chi connectivity index (χ3v) is 3.25. The second-order valence-corrected chi connectivity index (χ2v) is 4.68. The number of halogens is 4. The van der Waals surface area contributed by atoms with Crippen LogP contribution in [-0.4, -0.2) is 0 Å². The van der Waals surface area contributed by atoms with Crippen LogP contribution in [0, 0.1) is 12.7 Å². The highest BCUT2D eigenvalue weighted by Gasteiger charge is 2.31. The van der Waals surface area contributed by atoms with Crippen LogP contribution in [0.25, 0.3) is 0 Å². The summed E-state index contributed by atoms with van der Waals surface area (Å²) in [6.45, 7) is 2.11. The van der Waals surface area contributed by atoms with Crippen molar-refractivity contribution in [3.63, 3.8) is 0 Å². The SMILES string of the molecule is Cc1c(N)cccc1CNc1ccc(C(F)(F)F)cc1F. The van der Waals surface area contributed by atoms with Gasteiger partial charge in [0.15, 0.2) is 0 Å². The van der Waals surface area contributed by atoms with Crippen molar-refractivity contribution >= 4 is 11.4 Å². The zero-order valence-corrected chi connectivity index (χ0v) is 11.3. The molecule has 0 heterocycles. The average Bonchev–Trinajstić information content (AvgIpc) is 2.40. The van der Waals surface area contributed by atoms with Gasteiger partial charge < -0.3 is 11.1 Å². The largest absolute Gasteiger partial charge is 0.416 e. The number of hydrogen-bond donors (Lipinski definition) is 2. The van der Waals surface area contributed by atoms with E-state index in [1.54, 1.807) is 12.1 Å². The number of alkyl halides is 3. The zero-order valence-electron chi connectivity index (χ0n) is 11.3. The van der Waals surface area contributed by atoms with Gasteiger partial charge in [-0.25, -0.2) is 4.39 Å². The molecule has 0 saturated carbocycles. The topological polar surface area (TPSA) is 38.0 Å². The van der Waals surface area contributed by atoms with E-state index in [0.29, 0.717) is 11.8 Å². The maximum Gasteiger partial charge on any atom is 0.416 e. The third kappa shape index (κ3) is 3.45. The second kappa shape index (κ2) is 5.63. The van der Waals surface area contributed by atoms with Crippen molar-refractivity contribution in [3.05, 3.63) is 58.9 Å². The number of rotatable bonds is 3. The highest BCUT2D eigenvalue weighted by atomic mass is 19.4. The molecular formula is C15H14F4N2. The van der Waals surface area contributed by atoms with E-state index in [0.717, 1.165) is 23.3 Å². The van der Waals surface area contributed by atoms with Gasteiger partial charge in [-0.05, 0) is 42.3 Å². The Morgan fingerprint density at radius 1 is 1.14 bits per heavy atom. The first-order valence-electron chi connectivity index (χ1n) is 6.23. The lowest BCUT2D eigenvalue weighted by atomic mass is 10.1. The van der Waals surface area contributed by atoms with Crippen LogP contribution in [0.1, 0.15) is 16.7 Å². The fourth-order valence-electron chi connectivity index (χ4n) is 1.92. The number of anilines is 2. The second-order valence-electron chi connectivity index (χ2n) is 4.68. The van der Waals surface area contributed by atoms with Gasteiger partial charge in [0, 0.05) is 12.2 Å². The Hall–Kier alpha value is -2.24. The van der Waals surface area contributed by atoms with E-state index in [2.05, 4.69) is 5.32 Å². The highest BCUT2D eigenvalue weighted by molar-refractivity contribution is 5.52. The normalized spacial score (nSPS) is 11.5. The lowest BCUT2D eigenvalue weighted by Crippen LogP contribution is -2.08. The van der Waals surface area contributed by atoms with Crippen LogP contribution >= 0.6 is 0 Å². The molecule has 0 radical (unpaired) electrons. The molecule has 0 aliphatic heterocycles. The van der Waals surface area contributed by atoms with Crippen molar-refractivity contribution in [3.8, 4) is 0 Å². The van der Waals surface area contributed by atoms with Gasteiger partial charge in [0.2, 0.25) is 0 Å². The summed E-state index contributed by atoms with van der Waals surface area (Å²) < 4.78 is 51.0. The Balaban J connectivity index is 2.16. The maximum atomic E-state index is 13.7. The summed E-state index contributed by atoms with van der Waals surface area (Å²) in [5, 5.41) is 2.78. The van der Waals surface area contributed by atoms with Crippen LogP contribution in [-0.2, 0) is 12.7 Å². The molecule has 2 nitrogen and oxygen atoms in total. The van der Waals surface area contributed by atoms with Crippen molar-refractivity contribution in [2.45, 2.75) is 19.6 Å². The van der Waals surface area contributed by atoms with Gasteiger partial charge in [0.25, 0.3) is 0 Å². The van der Waals surface area contributed by atoms with Crippen LogP contribution in [0.3, 0.4) is 0 Å². The van der Waals surface area contributed by atoms with Crippen molar-refractivity contribution in [1.29, 1.82) is 0 Å². The number of nitrogens with two attached hydrogens (primary N) is 1. The molecular weight excluding hydrogens is 284 g/mol. The predicted octanol–water partition coefficient (Wildman–Crippen LogP) is 4.35. The van der Waals surface area contributed by atoms with Gasteiger partial charge in [-0.15, -0.1) is 0 Å². The van der Waals surface area contributed by atoms with Crippen LogP contribution in [0.15, 0.2) is 36.4 Å². The molecule has 0 unspecified atom stereocenters. The molecule has 3 N–H and O–H groups in total. The summed E-state index contributed by atoms with van der Waals surface area (Å²) in [5.41, 5.74) is 7.10. The first kappa shape index (κ1) is 15.2. The van der Waals surface area contributed by atoms with E-state index >= 15 is 0 Å². The molecule has 0 amide bonds. The van der Waals surface area contributed by atoms with Crippen LogP contribution < -0.4 is 11.1 Å². The zero-order chi connectivity index (χ0) is 15.6. The minimum atomic E-state index is -4.55. The van der Waals surface area contributed by atoms with Gasteiger partial charge in [-0.3, -0.25) is 0 Å². The Morgan fingerprint density at radius 2 is 1.86 bits per heavy atom. The molecule has 0 bridgehead atoms. The smallest absolute Gasteiger partial charge is 0.399 e. The van der Waals surface area contributed by atoms with Crippen molar-refractivity contribution in [1.82, 2.24) is 0 Å². The van der Waals surface area contributed by atoms with Gasteiger partial charge in [-0.2, -0.15) is 13.2 Å². The maximum absolute atomic E-state index is 13.7. The van der Waals surface area contributed by atoms with Gasteiger partial charge >= 0.3 is 6.18 Å². The molecule has 0 atom stereocenters. The highest BCUT2D eigenvalue weighted by Crippen LogP contribution is 2.31. The molecule has 0 aromatic heterocycles. The Bertz CT molecular complexity index is 651. The van der Waals surface area contributed by atoms with E-state index < -0.39 is 17.6 Å². The first-order chi connectivity index (χ1) is 9.79. The summed E-state index contributed by atoms with van der Waals surface area (Å²) in [5.74, 6) is -0.939. The van der Waals surface area contributed by atoms with Crippen LogP contribution in [0.5, 0.6) is 0 Å². The summed E-state index contributed by atoms with van der Waals surface area (Å²) in [6.07, 6.45) is -4.55. The molecule has 0 aliphatic carbocycles. The van der Waals surface area contributed by atoms with E-state index in [9.17, 15) is 17.6 Å². The molecule has 2 aromatic rings. The molecule has 0 spiro atoms. The van der Waals surface area contributed by atoms with Crippen molar-refractivity contribution in [2.75, 3.05) is 11.1 Å². The van der Waals surface area contributed by atoms with Crippen molar-refractivity contribution in [2.24, 2.45) is 0 Å². The summed E-state index contributed by atoms with van der Waals surface area (Å²) in [7, 11) is 0. The number of hydrogen-bond acceptors (Lipinski definition) is 2. The summed E-state index contributed by atoms with van der Waals surface area (Å²) >= 11 is 0. The molecule has 2 rings (SSSR count). The van der Waals surface area contributed by atoms with E-state index in [1.807, 2.05) is 13.0 Å². The molecule has 0 fully saturated rings. The third-order valence-electron chi connectivity index (χ3n) is 3.25. The van der Waals surface area contributed by atoms with Gasteiger partial charge in [0.05, 0.1) is 11.3 Å². The summed E-state index contributed by atoms with van der Waals surface area (Å²) in [6, 6.07) is 7.74. The standard InChI is InChI=1S/C15H14F4N2/c1-9-10(3-2-4-13(9)20)8-21-14-6-5-11(7-12(14)16)15(17,18)19/h2-7,21H,8,20H2,1H3. The van der Waals surface area contributed by atoms with Crippen LogP contribution in [0.2, 0.25) is 0 Å². The lowest BCUT2D eigenvalue weighted by molar-refractivity contribution is -0.137. The molecule has 112 valence electrons. The Morgan fingerprint density at radius 3 is 2.48 bits per heavy atom. The van der Waals surface area contributed by atoms with Gasteiger partial charge in [-0.1, -0.05) is 12.1 Å². The minimum Gasteiger partial charge on any atom is -0.399 e. The van der Waals surface area contributed by atoms with E-state index in [4.69, 9.17) is 5.73 Å². The average molecular weight is 298 g/mol. The first-order valence-corrected chi connectivity index (χ1v) is 6.23. The molecule has 6 heteroatoms. The Labute approximate surface area is 119 Å². The van der Waals surface area contributed by atoms with Crippen molar-refractivity contribution < 1.29 is 17.6 Å². The molecule has 21 heavy (non-hydrogen) atoms.